The number of nitrogens with zero attached hydrogens (tertiary/aromatic N) is 4. The van der Waals surface area contributed by atoms with Gasteiger partial charge in [-0.2, -0.15) is 22.8 Å². The number of carbonyl (C=O) groups is 1. The van der Waals surface area contributed by atoms with Gasteiger partial charge in [0.05, 0.1) is 28.3 Å². The van der Waals surface area contributed by atoms with Crippen LogP contribution < -0.4 is 5.32 Å². The van der Waals surface area contributed by atoms with Crippen molar-refractivity contribution in [1.29, 1.82) is 0 Å². The zero-order chi connectivity index (χ0) is 26.9. The molecule has 1 N–H and O–H groups in total. The molecule has 0 saturated carbocycles. The lowest BCUT2D eigenvalue weighted by Gasteiger charge is -2.33. The molecule has 1 unspecified atom stereocenters. The summed E-state index contributed by atoms with van der Waals surface area (Å²) in [5.74, 6) is 0.868. The zero-order valence-electron chi connectivity index (χ0n) is 20.2. The molecule has 0 aliphatic carbocycles. The summed E-state index contributed by atoms with van der Waals surface area (Å²) in [4.78, 5) is 19.5. The van der Waals surface area contributed by atoms with E-state index in [2.05, 4.69) is 26.3 Å². The third kappa shape index (κ3) is 5.81. The maximum Gasteiger partial charge on any atom is 0.416 e. The average Bonchev–Trinajstić information content (AvgIpc) is 3.28. The third-order valence-electron chi connectivity index (χ3n) is 6.66. The predicted octanol–water partition coefficient (Wildman–Crippen LogP) is 6.72. The Bertz CT molecular complexity index is 1460. The second-order valence-electron chi connectivity index (χ2n) is 9.33. The van der Waals surface area contributed by atoms with Gasteiger partial charge < -0.3 is 10.2 Å². The van der Waals surface area contributed by atoms with Gasteiger partial charge in [-0.15, -0.1) is 0 Å². The lowest BCUT2D eigenvalue weighted by molar-refractivity contribution is -0.137. The Kier molecular flexibility index (Phi) is 7.63. The van der Waals surface area contributed by atoms with Gasteiger partial charge in [-0.25, -0.2) is 4.98 Å². The van der Waals surface area contributed by atoms with E-state index in [4.69, 9.17) is 16.6 Å². The SMILES string of the molecule is O=C(Cc1ccc(C(F)(F)F)cc1)N1CCCC(CNc2cc(-c3ccccc3Cl)nc3c(Br)cnn23)C1. The Balaban J connectivity index is 1.27. The molecule has 5 rings (SSSR count). The molecule has 3 heterocycles. The van der Waals surface area contributed by atoms with Crippen LogP contribution in [-0.4, -0.2) is 45.0 Å². The van der Waals surface area contributed by atoms with Gasteiger partial charge in [0.25, 0.3) is 0 Å². The number of halogens is 5. The van der Waals surface area contributed by atoms with E-state index in [0.717, 1.165) is 40.8 Å². The summed E-state index contributed by atoms with van der Waals surface area (Å²) < 4.78 is 41.0. The molecule has 2 aromatic heterocycles. The first-order valence-corrected chi connectivity index (χ1v) is 13.3. The highest BCUT2D eigenvalue weighted by molar-refractivity contribution is 9.10. The summed E-state index contributed by atoms with van der Waals surface area (Å²) in [6, 6.07) is 14.2. The van der Waals surface area contributed by atoms with E-state index in [0.29, 0.717) is 41.6 Å². The van der Waals surface area contributed by atoms with E-state index in [-0.39, 0.29) is 18.2 Å². The Labute approximate surface area is 230 Å². The van der Waals surface area contributed by atoms with Crippen molar-refractivity contribution in [2.45, 2.75) is 25.4 Å². The molecule has 11 heteroatoms. The molecule has 0 radical (unpaired) electrons. The first-order valence-electron chi connectivity index (χ1n) is 12.2. The molecule has 2 aromatic carbocycles. The van der Waals surface area contributed by atoms with Crippen LogP contribution in [0, 0.1) is 5.92 Å². The molecule has 198 valence electrons. The molecule has 1 aliphatic rings. The van der Waals surface area contributed by atoms with Crippen molar-refractivity contribution >= 4 is 44.9 Å². The molecule has 1 saturated heterocycles. The van der Waals surface area contributed by atoms with Crippen molar-refractivity contribution in [3.63, 3.8) is 0 Å². The number of carbonyl (C=O) groups excluding carboxylic acids is 1. The van der Waals surface area contributed by atoms with Gasteiger partial charge >= 0.3 is 6.18 Å². The monoisotopic (exact) mass is 605 g/mol. The Morgan fingerprint density at radius 1 is 1.16 bits per heavy atom. The number of piperidine rings is 1. The standard InChI is InChI=1S/C27H24BrClF3N5O/c28-21-15-34-37-24(13-23(35-26(21)37)20-5-1-2-6-22(20)29)33-14-18-4-3-11-36(16-18)25(38)12-17-7-9-19(10-8-17)27(30,31)32/h1-2,5-10,13,15,18,33H,3-4,11-12,14,16H2. The van der Waals surface area contributed by atoms with Gasteiger partial charge in [-0.3, -0.25) is 4.79 Å². The average molecular weight is 607 g/mol. The fraction of sp³-hybridized carbons (Fsp3) is 0.296. The van der Waals surface area contributed by atoms with E-state index in [9.17, 15) is 18.0 Å². The lowest BCUT2D eigenvalue weighted by Crippen LogP contribution is -2.42. The number of fused-ring (bicyclic) bond motifs is 1. The quantitative estimate of drug-likeness (QED) is 0.265. The summed E-state index contributed by atoms with van der Waals surface area (Å²) in [6.07, 6.45) is -0.825. The second-order valence-corrected chi connectivity index (χ2v) is 10.6. The van der Waals surface area contributed by atoms with Gasteiger partial charge in [0.2, 0.25) is 5.91 Å². The first kappa shape index (κ1) is 26.5. The summed E-state index contributed by atoms with van der Waals surface area (Å²) >= 11 is 9.94. The zero-order valence-corrected chi connectivity index (χ0v) is 22.5. The highest BCUT2D eigenvalue weighted by Crippen LogP contribution is 2.31. The molecular formula is C27H24BrClF3N5O. The minimum atomic E-state index is -4.39. The van der Waals surface area contributed by atoms with E-state index in [1.54, 1.807) is 15.6 Å². The van der Waals surface area contributed by atoms with E-state index >= 15 is 0 Å². The van der Waals surface area contributed by atoms with Crippen LogP contribution in [-0.2, 0) is 17.4 Å². The highest BCUT2D eigenvalue weighted by atomic mass is 79.9. The van der Waals surface area contributed by atoms with Crippen molar-refractivity contribution < 1.29 is 18.0 Å². The largest absolute Gasteiger partial charge is 0.416 e. The molecule has 0 bridgehead atoms. The van der Waals surface area contributed by atoms with Crippen LogP contribution >= 0.6 is 27.5 Å². The number of amides is 1. The molecule has 1 fully saturated rings. The maximum atomic E-state index is 12.9. The van der Waals surface area contributed by atoms with Crippen LogP contribution in [0.1, 0.15) is 24.0 Å². The fourth-order valence-electron chi connectivity index (χ4n) is 4.67. The number of rotatable bonds is 6. The lowest BCUT2D eigenvalue weighted by atomic mass is 9.97. The van der Waals surface area contributed by atoms with Crippen molar-refractivity contribution in [2.75, 3.05) is 25.0 Å². The Hall–Kier alpha value is -3.11. The van der Waals surface area contributed by atoms with Crippen LogP contribution in [0.4, 0.5) is 19.0 Å². The fourth-order valence-corrected chi connectivity index (χ4v) is 5.25. The number of hydrogen-bond acceptors (Lipinski definition) is 4. The Morgan fingerprint density at radius 2 is 1.92 bits per heavy atom. The van der Waals surface area contributed by atoms with Crippen LogP contribution in [0.25, 0.3) is 16.9 Å². The number of hydrogen-bond donors (Lipinski definition) is 1. The van der Waals surface area contributed by atoms with E-state index in [1.807, 2.05) is 30.3 Å². The highest BCUT2D eigenvalue weighted by Gasteiger charge is 2.30. The topological polar surface area (TPSA) is 62.5 Å². The van der Waals surface area contributed by atoms with Gasteiger partial charge in [0.15, 0.2) is 5.65 Å². The number of alkyl halides is 3. The molecule has 38 heavy (non-hydrogen) atoms. The van der Waals surface area contributed by atoms with Gasteiger partial charge in [-0.05, 0) is 58.5 Å². The van der Waals surface area contributed by atoms with Gasteiger partial charge in [0.1, 0.15) is 5.82 Å². The molecule has 1 aliphatic heterocycles. The predicted molar refractivity (Wildman–Crippen MR) is 144 cm³/mol. The summed E-state index contributed by atoms with van der Waals surface area (Å²) in [7, 11) is 0. The van der Waals surface area contributed by atoms with Crippen LogP contribution in [0.15, 0.2) is 65.3 Å². The molecule has 4 aromatic rings. The molecule has 0 spiro atoms. The van der Waals surface area contributed by atoms with Gasteiger partial charge in [0, 0.05) is 36.3 Å². The minimum absolute atomic E-state index is 0.0752. The molecular weight excluding hydrogens is 583 g/mol. The molecule has 1 atom stereocenters. The van der Waals surface area contributed by atoms with E-state index < -0.39 is 11.7 Å². The summed E-state index contributed by atoms with van der Waals surface area (Å²) in [6.45, 7) is 1.82. The van der Waals surface area contributed by atoms with Crippen molar-refractivity contribution in [2.24, 2.45) is 5.92 Å². The van der Waals surface area contributed by atoms with Crippen LogP contribution in [0.3, 0.4) is 0 Å². The van der Waals surface area contributed by atoms with E-state index in [1.165, 1.54) is 12.1 Å². The maximum absolute atomic E-state index is 12.9. The second kappa shape index (κ2) is 10.9. The third-order valence-corrected chi connectivity index (χ3v) is 7.55. The van der Waals surface area contributed by atoms with Crippen LogP contribution in [0.2, 0.25) is 5.02 Å². The number of likely N-dealkylation sites (tertiary alicyclic amines) is 1. The van der Waals surface area contributed by atoms with Crippen molar-refractivity contribution in [1.82, 2.24) is 19.5 Å². The normalized spacial score (nSPS) is 16.1. The van der Waals surface area contributed by atoms with Crippen molar-refractivity contribution in [3.8, 4) is 11.3 Å². The summed E-state index contributed by atoms with van der Waals surface area (Å²) in [5.41, 5.74) is 2.03. The number of benzene rings is 2. The molecule has 6 nitrogen and oxygen atoms in total. The van der Waals surface area contributed by atoms with Crippen molar-refractivity contribution in [3.05, 3.63) is 81.4 Å². The number of aromatic nitrogens is 3. The number of nitrogens with one attached hydrogen (secondary N) is 1. The van der Waals surface area contributed by atoms with Crippen LogP contribution in [0.5, 0.6) is 0 Å². The Morgan fingerprint density at radius 3 is 2.66 bits per heavy atom. The smallest absolute Gasteiger partial charge is 0.370 e. The van der Waals surface area contributed by atoms with Gasteiger partial charge in [-0.1, -0.05) is 41.9 Å². The molecule has 1 amide bonds. The number of anilines is 1. The first-order chi connectivity index (χ1) is 18.2. The summed E-state index contributed by atoms with van der Waals surface area (Å²) in [5, 5.41) is 8.51. The minimum Gasteiger partial charge on any atom is -0.370 e.